The first-order valence-electron chi connectivity index (χ1n) is 8.80. The Morgan fingerprint density at radius 3 is 2.79 bits per heavy atom. The van der Waals surface area contributed by atoms with E-state index in [9.17, 15) is 18.0 Å². The summed E-state index contributed by atoms with van der Waals surface area (Å²) < 4.78 is 48.8. The van der Waals surface area contributed by atoms with Gasteiger partial charge in [0.05, 0.1) is 13.2 Å². The first-order valence-corrected chi connectivity index (χ1v) is 8.80. The maximum absolute atomic E-state index is 12.4. The molecule has 29 heavy (non-hydrogen) atoms. The summed E-state index contributed by atoms with van der Waals surface area (Å²) in [5, 5.41) is 10.2. The molecule has 7 nitrogen and oxygen atoms in total. The highest BCUT2D eigenvalue weighted by Crippen LogP contribution is 2.31. The van der Waals surface area contributed by atoms with Gasteiger partial charge in [-0.2, -0.15) is 18.3 Å². The zero-order chi connectivity index (χ0) is 20.1. The summed E-state index contributed by atoms with van der Waals surface area (Å²) in [5.41, 5.74) is 0.496. The van der Waals surface area contributed by atoms with Crippen molar-refractivity contribution >= 4 is 24.0 Å². The quantitative estimate of drug-likeness (QED) is 0.728. The summed E-state index contributed by atoms with van der Waals surface area (Å²) in [7, 11) is 1.32. The Morgan fingerprint density at radius 2 is 2.14 bits per heavy atom. The Morgan fingerprint density at radius 1 is 1.34 bits per heavy atom. The van der Waals surface area contributed by atoms with Gasteiger partial charge in [-0.25, -0.2) is 0 Å². The minimum absolute atomic E-state index is 0. The van der Waals surface area contributed by atoms with Gasteiger partial charge in [0, 0.05) is 24.5 Å². The van der Waals surface area contributed by atoms with Crippen molar-refractivity contribution in [1.29, 1.82) is 0 Å². The average molecular weight is 435 g/mol. The number of hydrogen-bond donors (Lipinski definition) is 2. The molecule has 3 rings (SSSR count). The molecular weight excluding hydrogens is 413 g/mol. The van der Waals surface area contributed by atoms with Gasteiger partial charge in [0.2, 0.25) is 0 Å². The molecule has 1 aromatic heterocycles. The van der Waals surface area contributed by atoms with Gasteiger partial charge in [0.15, 0.2) is 23.8 Å². The molecule has 0 aliphatic carbocycles. The highest BCUT2D eigenvalue weighted by atomic mass is 35.5. The number of halogens is 4. The van der Waals surface area contributed by atoms with Crippen LogP contribution in [0, 0.1) is 0 Å². The summed E-state index contributed by atoms with van der Waals surface area (Å²) in [6.45, 7) is 0.309. The van der Waals surface area contributed by atoms with Crippen LogP contribution in [0.3, 0.4) is 0 Å². The summed E-state index contributed by atoms with van der Waals surface area (Å²) in [6, 6.07) is 6.02. The van der Waals surface area contributed by atoms with Gasteiger partial charge in [-0.15, -0.1) is 12.4 Å². The van der Waals surface area contributed by atoms with Crippen LogP contribution in [0.25, 0.3) is 0 Å². The number of carbonyl (C=O) groups excluding carboxylic acids is 1. The molecule has 1 fully saturated rings. The number of amides is 1. The van der Waals surface area contributed by atoms with Crippen molar-refractivity contribution < 1.29 is 27.4 Å². The lowest BCUT2D eigenvalue weighted by atomic mass is 10.1. The average Bonchev–Trinajstić information content (AvgIpc) is 3.17. The third-order valence-electron chi connectivity index (χ3n) is 4.30. The number of ether oxygens (including phenoxy) is 2. The molecule has 2 aromatic rings. The highest BCUT2D eigenvalue weighted by molar-refractivity contribution is 6.02. The molecular formula is C18H22ClF3N4O3. The van der Waals surface area contributed by atoms with Crippen molar-refractivity contribution in [1.82, 2.24) is 15.1 Å². The molecule has 1 aromatic carbocycles. The number of carbonyl (C=O) groups is 1. The molecule has 1 saturated heterocycles. The zero-order valence-corrected chi connectivity index (χ0v) is 16.5. The van der Waals surface area contributed by atoms with Crippen molar-refractivity contribution in [3.05, 3.63) is 36.2 Å². The normalized spacial score (nSPS) is 16.6. The topological polar surface area (TPSA) is 77.4 Å². The molecule has 1 atom stereocenters. The smallest absolute Gasteiger partial charge is 0.422 e. The second-order valence-corrected chi connectivity index (χ2v) is 6.40. The lowest BCUT2D eigenvalue weighted by Crippen LogP contribution is -2.32. The van der Waals surface area contributed by atoms with Crippen LogP contribution in [0.5, 0.6) is 11.5 Å². The highest BCUT2D eigenvalue weighted by Gasteiger charge is 2.29. The lowest BCUT2D eigenvalue weighted by Gasteiger charge is -2.22. The predicted octanol–water partition coefficient (Wildman–Crippen LogP) is 3.43. The molecule has 1 aliphatic rings. The molecule has 1 aliphatic heterocycles. The lowest BCUT2D eigenvalue weighted by molar-refractivity contribution is -0.153. The number of hydrogen-bond acceptors (Lipinski definition) is 5. The van der Waals surface area contributed by atoms with Gasteiger partial charge in [0.1, 0.15) is 0 Å². The summed E-state index contributed by atoms with van der Waals surface area (Å²) in [4.78, 5) is 12.4. The molecule has 0 saturated carbocycles. The summed E-state index contributed by atoms with van der Waals surface area (Å²) in [5.74, 6) is -0.442. The van der Waals surface area contributed by atoms with Crippen LogP contribution in [-0.4, -0.2) is 48.7 Å². The fourth-order valence-electron chi connectivity index (χ4n) is 2.94. The fourth-order valence-corrected chi connectivity index (χ4v) is 2.94. The van der Waals surface area contributed by atoms with Crippen molar-refractivity contribution in [2.75, 3.05) is 32.1 Å². The number of benzene rings is 1. The van der Waals surface area contributed by atoms with E-state index in [1.54, 1.807) is 16.9 Å². The van der Waals surface area contributed by atoms with E-state index < -0.39 is 18.7 Å². The van der Waals surface area contributed by atoms with E-state index >= 15 is 0 Å². The van der Waals surface area contributed by atoms with Crippen LogP contribution in [-0.2, 0) is 0 Å². The van der Waals surface area contributed by atoms with Crippen LogP contribution >= 0.6 is 12.4 Å². The van der Waals surface area contributed by atoms with Gasteiger partial charge in [-0.1, -0.05) is 0 Å². The minimum atomic E-state index is -4.48. The Hall–Kier alpha value is -2.46. The van der Waals surface area contributed by atoms with E-state index in [0.717, 1.165) is 25.9 Å². The van der Waals surface area contributed by atoms with Crippen molar-refractivity contribution in [3.8, 4) is 11.5 Å². The van der Waals surface area contributed by atoms with Gasteiger partial charge in [-0.05, 0) is 37.6 Å². The molecule has 0 bridgehead atoms. The number of aromatic nitrogens is 2. The molecule has 2 N–H and O–H groups in total. The maximum atomic E-state index is 12.4. The summed E-state index contributed by atoms with van der Waals surface area (Å²) in [6.07, 6.45) is -0.712. The van der Waals surface area contributed by atoms with Crippen molar-refractivity contribution in [2.24, 2.45) is 0 Å². The first kappa shape index (κ1) is 22.8. The zero-order valence-electron chi connectivity index (χ0n) is 15.7. The van der Waals surface area contributed by atoms with E-state index in [2.05, 4.69) is 15.7 Å². The van der Waals surface area contributed by atoms with Crippen LogP contribution in [0.4, 0.5) is 18.9 Å². The molecule has 0 spiro atoms. The molecule has 1 unspecified atom stereocenters. The number of alkyl halides is 3. The molecule has 0 radical (unpaired) electrons. The third-order valence-corrected chi connectivity index (χ3v) is 4.30. The second kappa shape index (κ2) is 9.84. The van der Waals surface area contributed by atoms with Crippen molar-refractivity contribution in [3.63, 3.8) is 0 Å². The summed E-state index contributed by atoms with van der Waals surface area (Å²) >= 11 is 0. The number of rotatable bonds is 6. The molecule has 1 amide bonds. The van der Waals surface area contributed by atoms with E-state index in [1.165, 1.54) is 25.3 Å². The van der Waals surface area contributed by atoms with Crippen LogP contribution in [0.2, 0.25) is 0 Å². The minimum Gasteiger partial charge on any atom is -0.493 e. The largest absolute Gasteiger partial charge is 0.493 e. The number of nitrogens with zero attached hydrogens (tertiary/aromatic N) is 2. The van der Waals surface area contributed by atoms with Gasteiger partial charge >= 0.3 is 6.18 Å². The molecule has 11 heteroatoms. The third kappa shape index (κ3) is 6.26. The van der Waals surface area contributed by atoms with Crippen molar-refractivity contribution in [2.45, 2.75) is 25.1 Å². The Balaban J connectivity index is 0.00000300. The molecule has 2 heterocycles. The van der Waals surface area contributed by atoms with Crippen LogP contribution < -0.4 is 20.1 Å². The first-order chi connectivity index (χ1) is 13.4. The molecule has 160 valence electrons. The standard InChI is InChI=1S/C18H21F3N4O3.ClH/c1-27-15-5-4-12(9-16(15)28-11-18(19,20)21)23-17(26)14-6-8-25(24-14)13-3-2-7-22-10-13;/h4-6,8-9,13,22H,2-3,7,10-11H2,1H3,(H,23,26);1H. The van der Waals surface area contributed by atoms with E-state index in [4.69, 9.17) is 9.47 Å². The monoisotopic (exact) mass is 434 g/mol. The number of methoxy groups -OCH3 is 1. The van der Waals surface area contributed by atoms with Gasteiger partial charge in [0.25, 0.3) is 5.91 Å². The fraction of sp³-hybridized carbons (Fsp3) is 0.444. The van der Waals surface area contributed by atoms with Gasteiger partial charge < -0.3 is 20.1 Å². The van der Waals surface area contributed by atoms with Gasteiger partial charge in [-0.3, -0.25) is 9.48 Å². The van der Waals surface area contributed by atoms with E-state index in [0.29, 0.717) is 0 Å². The number of piperidine rings is 1. The van der Waals surface area contributed by atoms with Crippen LogP contribution in [0.1, 0.15) is 29.4 Å². The van der Waals surface area contributed by atoms with E-state index in [-0.39, 0.29) is 41.3 Å². The van der Waals surface area contributed by atoms with E-state index in [1.807, 2.05) is 0 Å². The number of nitrogens with one attached hydrogen (secondary N) is 2. The Kier molecular flexibility index (Phi) is 7.74. The Bertz CT molecular complexity index is 823. The number of anilines is 1. The van der Waals surface area contributed by atoms with Crippen LogP contribution in [0.15, 0.2) is 30.5 Å². The predicted molar refractivity (Wildman–Crippen MR) is 103 cm³/mol. The SMILES string of the molecule is COc1ccc(NC(=O)c2ccn(C3CCCNC3)n2)cc1OCC(F)(F)F.Cl. The second-order valence-electron chi connectivity index (χ2n) is 6.40. The Labute approximate surface area is 172 Å². The maximum Gasteiger partial charge on any atom is 0.422 e.